The van der Waals surface area contributed by atoms with Gasteiger partial charge < -0.3 is 4.74 Å². The van der Waals surface area contributed by atoms with Crippen molar-refractivity contribution in [2.45, 2.75) is 84.1 Å². The third kappa shape index (κ3) is 5.33. The molecule has 1 aliphatic heterocycles. The van der Waals surface area contributed by atoms with Gasteiger partial charge in [0.1, 0.15) is 7.85 Å². The number of fused-ring (bicyclic) bond motifs is 3. The monoisotopic (exact) mass is 450 g/mol. The molecule has 1 aliphatic rings. The zero-order chi connectivity index (χ0) is 24.0. The Morgan fingerprint density at radius 1 is 0.912 bits per heavy atom. The van der Waals surface area contributed by atoms with Gasteiger partial charge in [-0.05, 0) is 83.8 Å². The first-order chi connectivity index (χ1) is 16.6. The highest BCUT2D eigenvalue weighted by Crippen LogP contribution is 2.37. The minimum atomic E-state index is -0.898. The van der Waals surface area contributed by atoms with Gasteiger partial charge in [-0.15, -0.1) is 0 Å². The van der Waals surface area contributed by atoms with Gasteiger partial charge >= 0.3 is 0 Å². The van der Waals surface area contributed by atoms with Crippen molar-refractivity contribution in [3.05, 3.63) is 76.9 Å². The lowest BCUT2D eigenvalue weighted by Gasteiger charge is -2.31. The summed E-state index contributed by atoms with van der Waals surface area (Å²) in [5.74, 6) is 0. The number of hydrogen-bond acceptors (Lipinski definition) is 1. The van der Waals surface area contributed by atoms with Crippen LogP contribution in [0.25, 0.3) is 27.6 Å². The van der Waals surface area contributed by atoms with Gasteiger partial charge in [-0.3, -0.25) is 0 Å². The maximum Gasteiger partial charge on any atom is 0.126 e. The second-order valence-corrected chi connectivity index (χ2v) is 9.91. The van der Waals surface area contributed by atoms with Gasteiger partial charge in [0.25, 0.3) is 0 Å². The van der Waals surface area contributed by atoms with Crippen LogP contribution in [0.4, 0.5) is 0 Å². The number of aryl methyl sites for hydroxylation is 1. The van der Waals surface area contributed by atoms with Gasteiger partial charge in [0, 0.05) is 6.61 Å². The van der Waals surface area contributed by atoms with Gasteiger partial charge in [0.15, 0.2) is 0 Å². The zero-order valence-electron chi connectivity index (χ0n) is 21.3. The van der Waals surface area contributed by atoms with Crippen LogP contribution in [-0.4, -0.2) is 14.5 Å². The predicted octanol–water partition coefficient (Wildman–Crippen LogP) is 9.14. The zero-order valence-corrected chi connectivity index (χ0v) is 21.3. The molecule has 0 saturated heterocycles. The molecule has 34 heavy (non-hydrogen) atoms. The van der Waals surface area contributed by atoms with Crippen molar-refractivity contribution in [2.24, 2.45) is 0 Å². The van der Waals surface area contributed by atoms with Crippen LogP contribution in [0.15, 0.2) is 60.2 Å². The molecule has 1 unspecified atom stereocenters. The largest absolute Gasteiger partial charge is 0.376 e. The third-order valence-electron chi connectivity index (χ3n) is 7.34. The molecule has 1 nitrogen and oxygen atoms in total. The summed E-state index contributed by atoms with van der Waals surface area (Å²) in [6.07, 6.45) is 17.4. The van der Waals surface area contributed by atoms with Crippen molar-refractivity contribution in [3.8, 4) is 0 Å². The molecule has 3 aromatic rings. The van der Waals surface area contributed by atoms with Crippen molar-refractivity contribution >= 4 is 35.5 Å². The molecule has 2 radical (unpaired) electrons. The third-order valence-corrected chi connectivity index (χ3v) is 7.34. The lowest BCUT2D eigenvalue weighted by Crippen LogP contribution is -2.29. The van der Waals surface area contributed by atoms with E-state index in [4.69, 9.17) is 12.6 Å². The summed E-state index contributed by atoms with van der Waals surface area (Å²) in [7, 11) is 7.13. The van der Waals surface area contributed by atoms with Crippen LogP contribution in [0.1, 0.15) is 88.3 Å². The molecular weight excluding hydrogens is 411 g/mol. The molecule has 1 heterocycles. The Morgan fingerprint density at radius 3 is 2.38 bits per heavy atom. The van der Waals surface area contributed by atoms with Crippen molar-refractivity contribution in [1.82, 2.24) is 0 Å². The van der Waals surface area contributed by atoms with Gasteiger partial charge in [-0.1, -0.05) is 99.2 Å². The van der Waals surface area contributed by atoms with E-state index in [0.717, 1.165) is 31.2 Å². The number of allylic oxidation sites excluding steroid dienone is 2. The first-order valence-corrected chi connectivity index (χ1v) is 13.3. The number of benzene rings is 3. The Kier molecular flexibility index (Phi) is 8.32. The fraction of sp³-hybridized carbons (Fsp3) is 0.438. The Labute approximate surface area is 207 Å². The summed E-state index contributed by atoms with van der Waals surface area (Å²) in [5, 5.41) is 5.12. The van der Waals surface area contributed by atoms with E-state index in [1.165, 1.54) is 70.3 Å². The van der Waals surface area contributed by atoms with E-state index in [-0.39, 0.29) is 0 Å². The second kappa shape index (κ2) is 11.4. The normalized spacial score (nSPS) is 22.4. The van der Waals surface area contributed by atoms with E-state index in [2.05, 4.69) is 81.5 Å². The lowest BCUT2D eigenvalue weighted by atomic mass is 9.72. The van der Waals surface area contributed by atoms with E-state index in [1.54, 1.807) is 0 Å². The van der Waals surface area contributed by atoms with Crippen molar-refractivity contribution in [1.29, 1.82) is 0 Å². The average Bonchev–Trinajstić information content (AvgIpc) is 2.84. The van der Waals surface area contributed by atoms with Crippen LogP contribution in [0.2, 0.25) is 0 Å². The summed E-state index contributed by atoms with van der Waals surface area (Å²) in [4.78, 5) is 0. The first kappa shape index (κ1) is 24.8. The van der Waals surface area contributed by atoms with Crippen LogP contribution in [0, 0.1) is 6.92 Å². The molecule has 4 rings (SSSR count). The van der Waals surface area contributed by atoms with E-state index in [0.29, 0.717) is 6.61 Å². The minimum Gasteiger partial charge on any atom is -0.376 e. The first-order valence-electron chi connectivity index (χ1n) is 13.3. The van der Waals surface area contributed by atoms with E-state index in [9.17, 15) is 0 Å². The average molecular weight is 450 g/mol. The summed E-state index contributed by atoms with van der Waals surface area (Å²) in [6, 6.07) is 15.4. The highest BCUT2D eigenvalue weighted by molar-refractivity contribution is 6.17. The SMILES string of the molecule is [B]C1(c2ccc3c(c2)c(/C=C\C)c(C)c2ccccc23)/C=C(/CCC)CCCCCCCCO1. The Hall–Kier alpha value is -2.32. The van der Waals surface area contributed by atoms with Crippen LogP contribution >= 0.6 is 0 Å². The van der Waals surface area contributed by atoms with E-state index < -0.39 is 5.50 Å². The molecule has 0 N–H and O–H groups in total. The van der Waals surface area contributed by atoms with Gasteiger partial charge in [0.2, 0.25) is 0 Å². The maximum absolute atomic E-state index is 7.13. The minimum absolute atomic E-state index is 0.697. The van der Waals surface area contributed by atoms with Gasteiger partial charge in [0.05, 0.1) is 5.50 Å². The fourth-order valence-corrected chi connectivity index (χ4v) is 5.52. The molecule has 0 saturated carbocycles. The predicted molar refractivity (Wildman–Crippen MR) is 150 cm³/mol. The molecule has 1 atom stereocenters. The number of hydrogen-bond donors (Lipinski definition) is 0. The molecule has 0 bridgehead atoms. The molecule has 0 spiro atoms. The maximum atomic E-state index is 7.13. The summed E-state index contributed by atoms with van der Waals surface area (Å²) >= 11 is 0. The second-order valence-electron chi connectivity index (χ2n) is 9.91. The van der Waals surface area contributed by atoms with Crippen LogP contribution < -0.4 is 0 Å². The molecule has 0 aromatic heterocycles. The van der Waals surface area contributed by atoms with Crippen LogP contribution in [-0.2, 0) is 10.2 Å². The fourth-order valence-electron chi connectivity index (χ4n) is 5.52. The smallest absolute Gasteiger partial charge is 0.126 e. The number of ether oxygens (including phenoxy) is 1. The quantitative estimate of drug-likeness (QED) is 0.219. The summed E-state index contributed by atoms with van der Waals surface area (Å²) < 4.78 is 6.51. The van der Waals surface area contributed by atoms with Crippen molar-refractivity contribution in [2.75, 3.05) is 6.61 Å². The van der Waals surface area contributed by atoms with Crippen LogP contribution in [0.3, 0.4) is 0 Å². The molecule has 3 aromatic carbocycles. The van der Waals surface area contributed by atoms with Gasteiger partial charge in [-0.25, -0.2) is 0 Å². The van der Waals surface area contributed by atoms with E-state index in [1.807, 2.05) is 0 Å². The van der Waals surface area contributed by atoms with E-state index >= 15 is 0 Å². The Bertz CT molecular complexity index is 1190. The highest BCUT2D eigenvalue weighted by atomic mass is 16.5. The molecule has 0 fully saturated rings. The highest BCUT2D eigenvalue weighted by Gasteiger charge is 2.26. The van der Waals surface area contributed by atoms with Crippen molar-refractivity contribution in [3.63, 3.8) is 0 Å². The molecule has 0 aliphatic carbocycles. The summed E-state index contributed by atoms with van der Waals surface area (Å²) in [6.45, 7) is 7.27. The number of rotatable bonds is 4. The summed E-state index contributed by atoms with van der Waals surface area (Å²) in [5.41, 5.74) is 4.17. The molecule has 0 amide bonds. The Balaban J connectivity index is 1.89. The van der Waals surface area contributed by atoms with Crippen molar-refractivity contribution < 1.29 is 4.74 Å². The standard InChI is InChI=1S/C32H39BO/c1-4-14-25-16-10-8-6-7-9-13-21-34-32(33,23-25)26-19-20-30-29-18-12-11-17-28(29)24(3)27(15-5-2)31(30)22-26/h5,11-12,15,17-20,22-23H,4,6-10,13-14,16,21H2,1-3H3/b15-5-,25-23-. The molecular formula is C32H39BO. The van der Waals surface area contributed by atoms with Crippen LogP contribution in [0.5, 0.6) is 0 Å². The van der Waals surface area contributed by atoms with Gasteiger partial charge in [-0.2, -0.15) is 0 Å². The lowest BCUT2D eigenvalue weighted by molar-refractivity contribution is 0.0473. The molecule has 2 heteroatoms. The Morgan fingerprint density at radius 2 is 1.62 bits per heavy atom. The topological polar surface area (TPSA) is 9.23 Å². The molecule has 176 valence electrons.